The van der Waals surface area contributed by atoms with E-state index in [9.17, 15) is 14.7 Å². The van der Waals surface area contributed by atoms with Gasteiger partial charge in [0.25, 0.3) is 0 Å². The van der Waals surface area contributed by atoms with Crippen LogP contribution in [0.15, 0.2) is 24.3 Å². The zero-order valence-electron chi connectivity index (χ0n) is 16.5. The van der Waals surface area contributed by atoms with E-state index in [2.05, 4.69) is 41.0 Å². The van der Waals surface area contributed by atoms with E-state index in [1.165, 1.54) is 11.3 Å². The standard InChI is InChI=1S/C21H29N3O4/c1-16-3-2-4-18(11-16)23-8-6-22(7-9-23)13-19(25)24-12-17-14-28-10-5-21(17,15-24)20(26)27/h2-4,11,17H,5-10,12-15H2,1H3,(H,26,27)/t17-,21+/m1/s1. The van der Waals surface area contributed by atoms with Gasteiger partial charge < -0.3 is 19.6 Å². The van der Waals surface area contributed by atoms with Gasteiger partial charge in [-0.05, 0) is 31.0 Å². The van der Waals surface area contributed by atoms with Crippen LogP contribution in [-0.2, 0) is 14.3 Å². The van der Waals surface area contributed by atoms with Gasteiger partial charge in [0.1, 0.15) is 0 Å². The summed E-state index contributed by atoms with van der Waals surface area (Å²) in [6.07, 6.45) is 0.492. The molecule has 0 radical (unpaired) electrons. The average molecular weight is 387 g/mol. The van der Waals surface area contributed by atoms with Crippen molar-refractivity contribution in [2.24, 2.45) is 11.3 Å². The fourth-order valence-electron chi connectivity index (χ4n) is 4.77. The molecule has 28 heavy (non-hydrogen) atoms. The van der Waals surface area contributed by atoms with Crippen molar-refractivity contribution in [3.63, 3.8) is 0 Å². The maximum Gasteiger partial charge on any atom is 0.311 e. The van der Waals surface area contributed by atoms with E-state index in [4.69, 9.17) is 4.74 Å². The number of hydrogen-bond acceptors (Lipinski definition) is 5. The van der Waals surface area contributed by atoms with Crippen molar-refractivity contribution in [1.82, 2.24) is 9.80 Å². The number of hydrogen-bond donors (Lipinski definition) is 1. The normalized spacial score (nSPS) is 28.2. The number of nitrogens with zero attached hydrogens (tertiary/aromatic N) is 3. The number of aliphatic carboxylic acids is 1. The molecule has 3 aliphatic rings. The van der Waals surface area contributed by atoms with Crippen molar-refractivity contribution < 1.29 is 19.4 Å². The Kier molecular flexibility index (Phi) is 5.29. The van der Waals surface area contributed by atoms with Crippen LogP contribution in [0, 0.1) is 18.3 Å². The van der Waals surface area contributed by atoms with Crippen LogP contribution in [0.5, 0.6) is 0 Å². The van der Waals surface area contributed by atoms with Gasteiger partial charge in [-0.3, -0.25) is 14.5 Å². The molecule has 7 heteroatoms. The Morgan fingerprint density at radius 3 is 2.71 bits per heavy atom. The molecule has 1 N–H and O–H groups in total. The van der Waals surface area contributed by atoms with Gasteiger partial charge in [-0.1, -0.05) is 12.1 Å². The largest absolute Gasteiger partial charge is 0.481 e. The Morgan fingerprint density at radius 1 is 1.25 bits per heavy atom. The van der Waals surface area contributed by atoms with Crippen molar-refractivity contribution in [3.8, 4) is 0 Å². The second-order valence-corrected chi connectivity index (χ2v) is 8.36. The Balaban J connectivity index is 1.32. The number of ether oxygens (including phenoxy) is 1. The van der Waals surface area contributed by atoms with Gasteiger partial charge in [0.15, 0.2) is 0 Å². The molecule has 1 amide bonds. The van der Waals surface area contributed by atoms with Crippen LogP contribution in [0.1, 0.15) is 12.0 Å². The zero-order valence-corrected chi connectivity index (χ0v) is 16.5. The first-order valence-corrected chi connectivity index (χ1v) is 10.1. The van der Waals surface area contributed by atoms with Crippen molar-refractivity contribution >= 4 is 17.6 Å². The molecular weight excluding hydrogens is 358 g/mol. The van der Waals surface area contributed by atoms with Gasteiger partial charge in [0.2, 0.25) is 5.91 Å². The molecule has 1 aromatic carbocycles. The van der Waals surface area contributed by atoms with Gasteiger partial charge in [-0.25, -0.2) is 0 Å². The molecular formula is C21H29N3O4. The lowest BCUT2D eigenvalue weighted by molar-refractivity contribution is -0.157. The number of rotatable bonds is 4. The molecule has 0 saturated carbocycles. The second-order valence-electron chi connectivity index (χ2n) is 8.36. The summed E-state index contributed by atoms with van der Waals surface area (Å²) in [5, 5.41) is 9.77. The number of anilines is 1. The Hall–Kier alpha value is -2.12. The number of carbonyl (C=O) groups is 2. The van der Waals surface area contributed by atoms with E-state index in [0.29, 0.717) is 39.3 Å². The predicted octanol–water partition coefficient (Wildman–Crippen LogP) is 1.07. The molecule has 2 atom stereocenters. The molecule has 0 unspecified atom stereocenters. The summed E-state index contributed by atoms with van der Waals surface area (Å²) in [6, 6.07) is 8.50. The summed E-state index contributed by atoms with van der Waals surface area (Å²) >= 11 is 0. The van der Waals surface area contributed by atoms with Gasteiger partial charge in [-0.15, -0.1) is 0 Å². The monoisotopic (exact) mass is 387 g/mol. The highest BCUT2D eigenvalue weighted by molar-refractivity contribution is 5.82. The lowest BCUT2D eigenvalue weighted by Crippen LogP contribution is -2.50. The van der Waals surface area contributed by atoms with E-state index >= 15 is 0 Å². The molecule has 152 valence electrons. The van der Waals surface area contributed by atoms with Crippen molar-refractivity contribution in [2.45, 2.75) is 13.3 Å². The SMILES string of the molecule is Cc1cccc(N2CCN(CC(=O)N3C[C@@H]4COCC[C@]4(C(=O)O)C3)CC2)c1. The first-order chi connectivity index (χ1) is 13.5. The molecule has 3 fully saturated rings. The summed E-state index contributed by atoms with van der Waals surface area (Å²) in [6.45, 7) is 7.64. The number of carboxylic acid groups (broad SMARTS) is 1. The zero-order chi connectivity index (χ0) is 19.7. The minimum absolute atomic E-state index is 0.0408. The first-order valence-electron chi connectivity index (χ1n) is 10.1. The highest BCUT2D eigenvalue weighted by Gasteiger charge is 2.54. The molecule has 3 aliphatic heterocycles. The lowest BCUT2D eigenvalue weighted by atomic mass is 9.74. The molecule has 7 nitrogen and oxygen atoms in total. The van der Waals surface area contributed by atoms with E-state index in [0.717, 1.165) is 26.2 Å². The van der Waals surface area contributed by atoms with Crippen molar-refractivity contribution in [3.05, 3.63) is 29.8 Å². The Labute approximate surface area is 165 Å². The van der Waals surface area contributed by atoms with Crippen LogP contribution in [0.2, 0.25) is 0 Å². The van der Waals surface area contributed by atoms with Crippen molar-refractivity contribution in [2.75, 3.05) is 63.9 Å². The Morgan fingerprint density at radius 2 is 2.04 bits per heavy atom. The number of aryl methyl sites for hydroxylation is 1. The maximum absolute atomic E-state index is 12.9. The maximum atomic E-state index is 12.9. The van der Waals surface area contributed by atoms with E-state index < -0.39 is 11.4 Å². The topological polar surface area (TPSA) is 73.3 Å². The molecule has 1 aromatic rings. The molecule has 0 bridgehead atoms. The van der Waals surface area contributed by atoms with E-state index in [-0.39, 0.29) is 11.8 Å². The fourth-order valence-corrected chi connectivity index (χ4v) is 4.77. The number of fused-ring (bicyclic) bond motifs is 1. The molecule has 0 aliphatic carbocycles. The average Bonchev–Trinajstić information content (AvgIpc) is 3.10. The number of piperazine rings is 1. The van der Waals surface area contributed by atoms with Crippen molar-refractivity contribution in [1.29, 1.82) is 0 Å². The van der Waals surface area contributed by atoms with Gasteiger partial charge in [-0.2, -0.15) is 0 Å². The quantitative estimate of drug-likeness (QED) is 0.833. The number of carboxylic acids is 1. The summed E-state index contributed by atoms with van der Waals surface area (Å²) in [4.78, 5) is 31.0. The molecule has 4 rings (SSSR count). The van der Waals surface area contributed by atoms with Crippen LogP contribution in [-0.4, -0.2) is 85.8 Å². The smallest absolute Gasteiger partial charge is 0.311 e. The summed E-state index contributed by atoms with van der Waals surface area (Å²) in [5.41, 5.74) is 1.66. The van der Waals surface area contributed by atoms with Crippen LogP contribution in [0.3, 0.4) is 0 Å². The molecule has 3 saturated heterocycles. The Bertz CT molecular complexity index is 747. The third-order valence-electron chi connectivity index (χ3n) is 6.58. The second kappa shape index (κ2) is 7.72. The summed E-state index contributed by atoms with van der Waals surface area (Å²) in [5.74, 6) is -0.845. The van der Waals surface area contributed by atoms with Gasteiger partial charge in [0.05, 0.1) is 18.6 Å². The van der Waals surface area contributed by atoms with Crippen LogP contribution < -0.4 is 4.90 Å². The highest BCUT2D eigenvalue weighted by atomic mass is 16.5. The lowest BCUT2D eigenvalue weighted by Gasteiger charge is -2.36. The highest BCUT2D eigenvalue weighted by Crippen LogP contribution is 2.42. The summed E-state index contributed by atoms with van der Waals surface area (Å²) in [7, 11) is 0. The van der Waals surface area contributed by atoms with Crippen LogP contribution in [0.4, 0.5) is 5.69 Å². The molecule has 0 spiro atoms. The number of benzene rings is 1. The third-order valence-corrected chi connectivity index (χ3v) is 6.58. The number of carbonyl (C=O) groups excluding carboxylic acids is 1. The minimum Gasteiger partial charge on any atom is -0.481 e. The number of amides is 1. The molecule has 3 heterocycles. The first kappa shape index (κ1) is 19.2. The van der Waals surface area contributed by atoms with Gasteiger partial charge >= 0.3 is 5.97 Å². The minimum atomic E-state index is -0.822. The molecule has 0 aromatic heterocycles. The van der Waals surface area contributed by atoms with Crippen LogP contribution in [0.25, 0.3) is 0 Å². The third kappa shape index (κ3) is 3.61. The van der Waals surface area contributed by atoms with Gasteiger partial charge in [0, 0.05) is 57.5 Å². The predicted molar refractivity (Wildman–Crippen MR) is 105 cm³/mol. The van der Waals surface area contributed by atoms with E-state index in [1.807, 2.05) is 0 Å². The van der Waals surface area contributed by atoms with E-state index in [1.54, 1.807) is 4.90 Å². The fraction of sp³-hybridized carbons (Fsp3) is 0.619. The summed E-state index contributed by atoms with van der Waals surface area (Å²) < 4.78 is 5.48. The number of likely N-dealkylation sites (tertiary alicyclic amines) is 1. The van der Waals surface area contributed by atoms with Crippen LogP contribution >= 0.6 is 0 Å².